The Morgan fingerprint density at radius 1 is 0.295 bits per heavy atom. The summed E-state index contributed by atoms with van der Waals surface area (Å²) in [6.07, 6.45) is -22.2. The minimum absolute atomic E-state index is 2.46. The molecule has 0 radical (unpaired) electrons. The van der Waals surface area contributed by atoms with Gasteiger partial charge in [-0.2, -0.15) is 0 Å². The molecule has 0 N–H and O–H groups in total. The van der Waals surface area contributed by atoms with Crippen molar-refractivity contribution in [3.63, 3.8) is 0 Å². The average Bonchev–Trinajstić information content (AvgIpc) is 2.78. The maximum atomic E-state index is 13.6. The predicted molar refractivity (Wildman–Crippen MR) is 86.9 cm³/mol. The Morgan fingerprint density at radius 2 is 0.477 bits per heavy atom. The van der Waals surface area contributed by atoms with Gasteiger partial charge in [-0.3, -0.25) is 0 Å². The molecule has 0 aromatic carbocycles. The van der Waals surface area contributed by atoms with Gasteiger partial charge >= 0.3 is 230 Å². The van der Waals surface area contributed by atoms with Gasteiger partial charge < -0.3 is 0 Å². The van der Waals surface area contributed by atoms with Gasteiger partial charge in [0.25, 0.3) is 0 Å². The Kier molecular flexibility index (Phi) is 11.2. The van der Waals surface area contributed by atoms with Crippen LogP contribution in [0.3, 0.4) is 0 Å². The van der Waals surface area contributed by atoms with Crippen LogP contribution >= 0.6 is 0 Å². The molecule has 0 atom stereocenters. The normalized spacial score (nSPS) is 16.4. The Balaban J connectivity index is 6.02. The van der Waals surface area contributed by atoms with Crippen LogP contribution in [0, 0.1) is 0 Å². The number of alkyl halides is 26. The molecule has 0 aliphatic heterocycles. The van der Waals surface area contributed by atoms with Crippen LogP contribution in [-0.2, 0) is 3.08 Å². The first kappa shape index (κ1) is 42.8. The summed E-state index contributed by atoms with van der Waals surface area (Å²) in [5.74, 6) is -79.4. The van der Waals surface area contributed by atoms with Crippen molar-refractivity contribution in [2.75, 3.05) is 0 Å². The van der Waals surface area contributed by atoms with E-state index in [9.17, 15) is 117 Å². The van der Waals surface area contributed by atoms with Gasteiger partial charge in [0.1, 0.15) is 0 Å². The molecule has 0 heterocycles. The van der Waals surface area contributed by atoms with E-state index in [0.717, 1.165) is 0 Å². The van der Waals surface area contributed by atoms with Crippen molar-refractivity contribution in [3.05, 3.63) is 0 Å². The molecule has 0 aliphatic carbocycles. The van der Waals surface area contributed by atoms with Crippen LogP contribution in [0.1, 0.15) is 12.8 Å². The average molecular weight is 829 g/mol. The molecule has 0 amide bonds. The van der Waals surface area contributed by atoms with Gasteiger partial charge in [-0.25, -0.2) is 0 Å². The van der Waals surface area contributed by atoms with Crippen molar-refractivity contribution in [2.45, 2.75) is 93.3 Å². The molecule has 28 heteroatoms. The first-order valence-corrected chi connectivity index (χ1v) is 15.2. The van der Waals surface area contributed by atoms with Gasteiger partial charge in [0.15, 0.2) is 0 Å². The molecule has 0 fully saturated rings. The molecule has 1 nitrogen and oxygen atoms in total. The molecule has 0 bridgehead atoms. The van der Waals surface area contributed by atoms with Gasteiger partial charge in [-0.05, 0) is 0 Å². The fraction of sp³-hybridized carbons (Fsp3) is 1.00. The van der Waals surface area contributed by atoms with Gasteiger partial charge in [0.2, 0.25) is 0 Å². The summed E-state index contributed by atoms with van der Waals surface area (Å²) >= 11 is -5.92. The van der Waals surface area contributed by atoms with Gasteiger partial charge in [0, 0.05) is 0 Å². The van der Waals surface area contributed by atoms with Crippen LogP contribution in [0.2, 0.25) is 8.87 Å². The molecule has 0 saturated heterocycles. The summed E-state index contributed by atoms with van der Waals surface area (Å²) in [4.78, 5) is 0. The summed E-state index contributed by atoms with van der Waals surface area (Å²) in [7, 11) is 0. The second kappa shape index (κ2) is 11.5. The fourth-order valence-corrected chi connectivity index (χ4v) is 6.73. The Bertz CT molecular complexity index is 954. The van der Waals surface area contributed by atoms with Crippen LogP contribution in [-0.4, -0.2) is 91.3 Å². The molecule has 0 saturated carbocycles. The molecule has 0 aromatic heterocycles. The topological polar surface area (TPSA) is 17.1 Å². The standard InChI is InChI=1S/2C8H4F13.O.Sn/c2*1-2-3(9,10)4(11,12)5(13,14)6(15,16)7(17,18)8(19,20)21;;/h2*1-2H2;;. The summed E-state index contributed by atoms with van der Waals surface area (Å²) in [5.41, 5.74) is 0. The van der Waals surface area contributed by atoms with Crippen molar-refractivity contribution in [1.29, 1.82) is 0 Å². The van der Waals surface area contributed by atoms with Crippen molar-refractivity contribution < 1.29 is 117 Å². The zero-order valence-corrected chi connectivity index (χ0v) is 22.4. The quantitative estimate of drug-likeness (QED) is 0.126. The van der Waals surface area contributed by atoms with Crippen LogP contribution in [0.25, 0.3) is 0 Å². The zero-order valence-electron chi connectivity index (χ0n) is 19.6. The van der Waals surface area contributed by atoms with E-state index in [1.807, 2.05) is 0 Å². The summed E-state index contributed by atoms with van der Waals surface area (Å²) in [5, 5.41) is 0. The third-order valence-corrected chi connectivity index (χ3v) is 10.0. The molecule has 0 rings (SSSR count). The van der Waals surface area contributed by atoms with Crippen LogP contribution < -0.4 is 0 Å². The van der Waals surface area contributed by atoms with Crippen LogP contribution in [0.5, 0.6) is 0 Å². The van der Waals surface area contributed by atoms with E-state index in [-0.39, 0.29) is 0 Å². The van der Waals surface area contributed by atoms with E-state index in [1.165, 1.54) is 0 Å². The first-order chi connectivity index (χ1) is 18.6. The Hall–Kier alpha value is -1.22. The van der Waals surface area contributed by atoms with E-state index in [1.54, 1.807) is 0 Å². The van der Waals surface area contributed by atoms with Gasteiger partial charge in [-0.15, -0.1) is 0 Å². The molecule has 0 aliphatic rings. The van der Waals surface area contributed by atoms with E-state index in [2.05, 4.69) is 0 Å². The number of hydrogen-bond donors (Lipinski definition) is 0. The Morgan fingerprint density at radius 3 is 0.659 bits per heavy atom. The monoisotopic (exact) mass is 830 g/mol. The molecule has 264 valence electrons. The molecule has 0 unspecified atom stereocenters. The van der Waals surface area contributed by atoms with E-state index in [0.29, 0.717) is 0 Å². The summed E-state index contributed by atoms with van der Waals surface area (Å²) < 4.78 is 344. The van der Waals surface area contributed by atoms with E-state index >= 15 is 0 Å². The van der Waals surface area contributed by atoms with Gasteiger partial charge in [-0.1, -0.05) is 0 Å². The third kappa shape index (κ3) is 6.35. The van der Waals surface area contributed by atoms with Crippen molar-refractivity contribution >= 4 is 19.7 Å². The summed E-state index contributed by atoms with van der Waals surface area (Å²) in [6.45, 7) is 0. The van der Waals surface area contributed by atoms with Crippen molar-refractivity contribution in [1.82, 2.24) is 0 Å². The maximum absolute atomic E-state index is 13.6. The fourth-order valence-electron chi connectivity index (χ4n) is 2.64. The molecular formula is C16H8F26OSn. The van der Waals surface area contributed by atoms with Crippen molar-refractivity contribution in [3.8, 4) is 0 Å². The van der Waals surface area contributed by atoms with E-state index in [4.69, 9.17) is 0 Å². The zero-order chi connectivity index (χ0) is 36.4. The van der Waals surface area contributed by atoms with Gasteiger partial charge in [0.05, 0.1) is 0 Å². The van der Waals surface area contributed by atoms with Crippen LogP contribution in [0.4, 0.5) is 114 Å². The molecule has 44 heavy (non-hydrogen) atoms. The minimum atomic E-state index is -8.37. The second-order valence-corrected chi connectivity index (χ2v) is 14.5. The molecule has 0 aromatic rings. The summed E-state index contributed by atoms with van der Waals surface area (Å²) in [6, 6.07) is 0. The van der Waals surface area contributed by atoms with Crippen molar-refractivity contribution in [2.24, 2.45) is 0 Å². The number of halogens is 26. The molecular weight excluding hydrogens is 821 g/mol. The third-order valence-electron chi connectivity index (χ3n) is 5.43. The number of rotatable bonds is 14. The van der Waals surface area contributed by atoms with E-state index < -0.39 is 113 Å². The SMILES string of the molecule is [O]=[Sn]([CH2]CC(F)(F)C(F)(F)C(F)(F)C(F)(F)C(F)(F)C(F)(F)F)[CH2]CC(F)(F)C(F)(F)C(F)(F)C(F)(F)C(F)(F)C(F)(F)F. The van der Waals surface area contributed by atoms with Crippen LogP contribution in [0.15, 0.2) is 0 Å². The predicted octanol–water partition coefficient (Wildman–Crippen LogP) is 9.67. The number of hydrogen-bond acceptors (Lipinski definition) is 1. The first-order valence-electron chi connectivity index (χ1n) is 10.0. The molecule has 0 spiro atoms. The Labute approximate surface area is 231 Å². The second-order valence-electron chi connectivity index (χ2n) is 8.54.